The molecule has 0 fully saturated rings. The Bertz CT molecular complexity index is 1490. The lowest BCUT2D eigenvalue weighted by Crippen LogP contribution is -2.37. The summed E-state index contributed by atoms with van der Waals surface area (Å²) in [6.45, 7) is 8.27. The number of likely N-dealkylation sites (N-methyl/N-ethyl adjacent to an activating group) is 1. The van der Waals surface area contributed by atoms with Gasteiger partial charge in [0.2, 0.25) is 0 Å². The summed E-state index contributed by atoms with van der Waals surface area (Å²) in [7, 11) is 1.31. The Morgan fingerprint density at radius 3 is 1.95 bits per heavy atom. The lowest BCUT2D eigenvalue weighted by Gasteiger charge is -2.24. The lowest BCUT2D eigenvalue weighted by atomic mass is 10.0. The van der Waals surface area contributed by atoms with Gasteiger partial charge in [-0.05, 0) is 76.3 Å². The van der Waals surface area contributed by atoms with Gasteiger partial charge in [0.25, 0.3) is 0 Å². The van der Waals surface area contributed by atoms with E-state index in [0.717, 1.165) is 82.1 Å². The number of allylic oxidation sites excluding steroid dienone is 5. The Balaban J connectivity index is 2.45. The second-order valence-corrected chi connectivity index (χ2v) is 18.5. The first kappa shape index (κ1) is 56.2. The van der Waals surface area contributed by atoms with Crippen molar-refractivity contribution in [1.82, 2.24) is 0 Å². The van der Waals surface area contributed by atoms with Crippen LogP contribution in [0.2, 0.25) is 0 Å². The number of ether oxygens (including phenoxy) is 2. The van der Waals surface area contributed by atoms with Crippen molar-refractivity contribution in [2.45, 2.75) is 174 Å². The predicted molar refractivity (Wildman–Crippen MR) is 244 cm³/mol. The van der Waals surface area contributed by atoms with Gasteiger partial charge >= 0.3 is 19.8 Å². The van der Waals surface area contributed by atoms with E-state index in [1.54, 1.807) is 36.5 Å². The van der Waals surface area contributed by atoms with Gasteiger partial charge in [-0.3, -0.25) is 18.6 Å². The average Bonchev–Trinajstić information content (AvgIpc) is 3.46. The van der Waals surface area contributed by atoms with Gasteiger partial charge in [-0.2, -0.15) is 0 Å². The number of hydrogen-bond acceptors (Lipinski definition) is 10. The molecule has 0 amide bonds. The number of aliphatic hydroxyl groups is 2. The van der Waals surface area contributed by atoms with Crippen molar-refractivity contribution in [2.75, 3.05) is 47.5 Å². The van der Waals surface area contributed by atoms with Crippen LogP contribution in [0.3, 0.4) is 0 Å². The summed E-state index contributed by atoms with van der Waals surface area (Å²) >= 11 is 0. The van der Waals surface area contributed by atoms with Crippen LogP contribution in [-0.2, 0) is 45.5 Å². The predicted octanol–water partition coefficient (Wildman–Crippen LogP) is 10.3. The fraction of sp³-hybridized carbons (Fsp3) is 0.708. The van der Waals surface area contributed by atoms with Gasteiger partial charge in [-0.15, -0.1) is 0 Å². The minimum Gasteiger partial charge on any atom is -0.466 e. The van der Waals surface area contributed by atoms with Crippen LogP contribution >= 0.6 is 7.82 Å². The first-order chi connectivity index (χ1) is 29.1. The molecule has 0 spiro atoms. The Morgan fingerprint density at radius 2 is 1.31 bits per heavy atom. The molecule has 13 heteroatoms. The molecule has 350 valence electrons. The third-order valence-electron chi connectivity index (χ3n) is 10.2. The summed E-state index contributed by atoms with van der Waals surface area (Å²) in [6.07, 6.45) is 29.3. The van der Waals surface area contributed by atoms with Crippen molar-refractivity contribution in [3.63, 3.8) is 0 Å². The van der Waals surface area contributed by atoms with Crippen LogP contribution in [0.1, 0.15) is 152 Å². The fourth-order valence-corrected chi connectivity index (χ4v) is 7.05. The molecule has 0 aromatic carbocycles. The molecular weight excluding hydrogens is 797 g/mol. The quantitative estimate of drug-likeness (QED) is 0.0146. The maximum absolute atomic E-state index is 12.8. The molecule has 0 aliphatic rings. The van der Waals surface area contributed by atoms with E-state index in [1.807, 2.05) is 27.2 Å². The number of aryl methyl sites for hydroxylation is 2. The van der Waals surface area contributed by atoms with Crippen molar-refractivity contribution >= 4 is 19.8 Å². The number of rotatable bonds is 37. The normalized spacial score (nSPS) is 15.0. The average molecular weight is 881 g/mol. The Labute approximate surface area is 368 Å². The maximum atomic E-state index is 12.8. The Kier molecular flexibility index (Phi) is 31.0. The number of phosphoric ester groups is 1. The molecule has 1 aromatic heterocycles. The molecule has 1 aromatic rings. The smallest absolute Gasteiger partial charge is 0.466 e. The summed E-state index contributed by atoms with van der Waals surface area (Å²) in [5.41, 5.74) is 2.60. The van der Waals surface area contributed by atoms with Crippen LogP contribution in [0, 0.1) is 13.8 Å². The van der Waals surface area contributed by atoms with Gasteiger partial charge in [0.05, 0.1) is 40.0 Å². The molecular formula is C48H83NO11P+. The highest BCUT2D eigenvalue weighted by Crippen LogP contribution is 2.43. The topological polar surface area (TPSA) is 162 Å². The molecule has 0 aliphatic carbocycles. The maximum Gasteiger partial charge on any atom is 0.472 e. The van der Waals surface area contributed by atoms with Crippen molar-refractivity contribution in [3.8, 4) is 0 Å². The van der Waals surface area contributed by atoms with E-state index in [4.69, 9.17) is 22.9 Å². The number of furan rings is 1. The van der Waals surface area contributed by atoms with Gasteiger partial charge in [-0.1, -0.05) is 114 Å². The number of carbonyl (C=O) groups is 2. The lowest BCUT2D eigenvalue weighted by molar-refractivity contribution is -0.870. The molecule has 0 saturated carbocycles. The number of phosphoric acid groups is 1. The standard InChI is InChI=1S/C48H82NO11P/c1-8-10-11-12-17-22-29-42(50)30-23-20-21-24-31-43(51)32-27-35-47(52)56-38-44(39-58-61(54,55)57-37-36-49(5,6)7)59-48(53)34-26-19-16-14-13-15-18-25-33-46-41(4)40(3)45(60-46)28-9-2/h17,20-24,30-31,42-44,50-51H,8-16,18-19,25-29,32-39H2,1-7H3/p+1/b21-20+,22-17-,30-23+,31-24-/t42-,43-,44-/m1/s1. The van der Waals surface area contributed by atoms with E-state index in [-0.39, 0.29) is 26.1 Å². The van der Waals surface area contributed by atoms with E-state index in [1.165, 1.54) is 30.4 Å². The summed E-state index contributed by atoms with van der Waals surface area (Å²) in [5.74, 6) is 1.20. The highest BCUT2D eigenvalue weighted by atomic mass is 31.2. The first-order valence-electron chi connectivity index (χ1n) is 22.9. The van der Waals surface area contributed by atoms with Gasteiger partial charge < -0.3 is 33.5 Å². The van der Waals surface area contributed by atoms with E-state index < -0.39 is 44.7 Å². The van der Waals surface area contributed by atoms with E-state index >= 15 is 0 Å². The molecule has 61 heavy (non-hydrogen) atoms. The van der Waals surface area contributed by atoms with E-state index in [2.05, 4.69) is 33.8 Å². The minimum atomic E-state index is -4.45. The molecule has 1 unspecified atom stereocenters. The number of unbranched alkanes of at least 4 members (excludes halogenated alkanes) is 10. The third kappa shape index (κ3) is 30.8. The Hall–Kier alpha value is -2.83. The van der Waals surface area contributed by atoms with Crippen LogP contribution in [0.4, 0.5) is 0 Å². The van der Waals surface area contributed by atoms with Gasteiger partial charge in [0.15, 0.2) is 6.10 Å². The highest BCUT2D eigenvalue weighted by molar-refractivity contribution is 7.47. The Morgan fingerprint density at radius 1 is 0.705 bits per heavy atom. The van der Waals surface area contributed by atoms with E-state index in [0.29, 0.717) is 36.7 Å². The fourth-order valence-electron chi connectivity index (χ4n) is 6.31. The number of hydrogen-bond donors (Lipinski definition) is 3. The summed E-state index contributed by atoms with van der Waals surface area (Å²) < 4.78 is 40.3. The minimum absolute atomic E-state index is 0.0170. The monoisotopic (exact) mass is 881 g/mol. The second-order valence-electron chi connectivity index (χ2n) is 17.1. The molecule has 3 N–H and O–H groups in total. The number of nitrogens with zero attached hydrogens (tertiary/aromatic N) is 1. The van der Waals surface area contributed by atoms with Crippen LogP contribution in [0.5, 0.6) is 0 Å². The van der Waals surface area contributed by atoms with Gasteiger partial charge in [0, 0.05) is 25.7 Å². The third-order valence-corrected chi connectivity index (χ3v) is 11.2. The zero-order valence-electron chi connectivity index (χ0n) is 38.8. The zero-order valence-corrected chi connectivity index (χ0v) is 39.7. The molecule has 1 heterocycles. The van der Waals surface area contributed by atoms with Crippen LogP contribution in [0.25, 0.3) is 0 Å². The molecule has 12 nitrogen and oxygen atoms in total. The second kappa shape index (κ2) is 33.7. The summed E-state index contributed by atoms with van der Waals surface area (Å²) in [4.78, 5) is 35.5. The molecule has 0 saturated heterocycles. The van der Waals surface area contributed by atoms with Crippen molar-refractivity contribution < 1.29 is 56.7 Å². The first-order valence-corrected chi connectivity index (χ1v) is 24.4. The molecule has 1 rings (SSSR count). The van der Waals surface area contributed by atoms with Crippen molar-refractivity contribution in [2.24, 2.45) is 0 Å². The van der Waals surface area contributed by atoms with Crippen LogP contribution in [0.15, 0.2) is 53.0 Å². The van der Waals surface area contributed by atoms with Crippen molar-refractivity contribution in [1.29, 1.82) is 0 Å². The molecule has 0 bridgehead atoms. The number of carbonyl (C=O) groups excluding carboxylic acids is 2. The summed E-state index contributed by atoms with van der Waals surface area (Å²) in [6, 6.07) is 0. The van der Waals surface area contributed by atoms with E-state index in [9.17, 15) is 29.3 Å². The van der Waals surface area contributed by atoms with Gasteiger partial charge in [0.1, 0.15) is 31.3 Å². The number of aliphatic hydroxyl groups excluding tert-OH is 2. The van der Waals surface area contributed by atoms with Crippen molar-refractivity contribution in [3.05, 3.63) is 71.3 Å². The number of esters is 2. The van der Waals surface area contributed by atoms with Gasteiger partial charge in [-0.25, -0.2) is 4.57 Å². The van der Waals surface area contributed by atoms with Crippen LogP contribution < -0.4 is 0 Å². The highest BCUT2D eigenvalue weighted by Gasteiger charge is 2.27. The number of quaternary nitrogens is 1. The summed E-state index contributed by atoms with van der Waals surface area (Å²) in [5, 5.41) is 20.3. The zero-order chi connectivity index (χ0) is 45.4. The largest absolute Gasteiger partial charge is 0.472 e. The molecule has 4 atom stereocenters. The molecule has 0 radical (unpaired) electrons. The molecule has 0 aliphatic heterocycles. The van der Waals surface area contributed by atoms with Crippen LogP contribution in [-0.4, -0.2) is 97.3 Å². The SMILES string of the molecule is CCCCC/C=C\C[C@@H](O)/C=C/C=C/C=C\[C@@H](O)CCCC(=O)OC[C@H](COP(=O)(O)OCC[N+](C)(C)C)OC(=O)CCCCCCCCCCc1oc(CCC)c(C)c1C.